The zero-order valence-corrected chi connectivity index (χ0v) is 16.3. The molecule has 2 saturated heterocycles. The highest BCUT2D eigenvalue weighted by Gasteiger charge is 2.39. The molecule has 1 aromatic rings. The Bertz CT molecular complexity index is 788. The van der Waals surface area contributed by atoms with Gasteiger partial charge in [0.2, 0.25) is 11.8 Å². The van der Waals surface area contributed by atoms with Crippen LogP contribution in [-0.2, 0) is 22.7 Å². The topological polar surface area (TPSA) is 90.5 Å². The standard InChI is InChI=1S/C21H28N4O3/c1-13(15-6-8-22-9-7-15)23-11-14-2-3-16-12-25(21(28)17(16)10-14)18-4-5-19(26)24-20(18)27/h2-3,10,13,15,18,22-23H,4-9,11-12H2,1H3,(H,24,26,27)/t13-,18?/m0/s1. The molecule has 7 heteroatoms. The maximum atomic E-state index is 12.9. The van der Waals surface area contributed by atoms with Crippen molar-refractivity contribution >= 4 is 17.7 Å². The second-order valence-electron chi connectivity index (χ2n) is 8.15. The van der Waals surface area contributed by atoms with Gasteiger partial charge >= 0.3 is 0 Å². The summed E-state index contributed by atoms with van der Waals surface area (Å²) in [6, 6.07) is 5.88. The minimum absolute atomic E-state index is 0.113. The van der Waals surface area contributed by atoms with Gasteiger partial charge in [0.25, 0.3) is 5.91 Å². The van der Waals surface area contributed by atoms with Crippen LogP contribution in [0.4, 0.5) is 0 Å². The molecule has 1 aromatic carbocycles. The van der Waals surface area contributed by atoms with E-state index in [2.05, 4.69) is 28.9 Å². The third kappa shape index (κ3) is 3.82. The summed E-state index contributed by atoms with van der Waals surface area (Å²) in [4.78, 5) is 38.0. The van der Waals surface area contributed by atoms with Gasteiger partial charge in [-0.15, -0.1) is 0 Å². The van der Waals surface area contributed by atoms with Crippen LogP contribution in [0.25, 0.3) is 0 Å². The monoisotopic (exact) mass is 384 g/mol. The highest BCUT2D eigenvalue weighted by Crippen LogP contribution is 2.28. The fourth-order valence-corrected chi connectivity index (χ4v) is 4.50. The van der Waals surface area contributed by atoms with Crippen LogP contribution in [0, 0.1) is 5.92 Å². The van der Waals surface area contributed by atoms with Crippen LogP contribution in [0.15, 0.2) is 18.2 Å². The van der Waals surface area contributed by atoms with Gasteiger partial charge in [-0.2, -0.15) is 0 Å². The minimum Gasteiger partial charge on any atom is -0.322 e. The normalized spacial score (nSPS) is 24.2. The molecule has 0 saturated carbocycles. The molecule has 3 N–H and O–H groups in total. The molecule has 28 heavy (non-hydrogen) atoms. The number of carbonyl (C=O) groups excluding carboxylic acids is 3. The summed E-state index contributed by atoms with van der Waals surface area (Å²) in [5, 5.41) is 9.35. The van der Waals surface area contributed by atoms with E-state index in [1.165, 1.54) is 12.8 Å². The molecule has 1 unspecified atom stereocenters. The first-order valence-corrected chi connectivity index (χ1v) is 10.2. The molecule has 2 atom stereocenters. The Morgan fingerprint density at radius 3 is 2.71 bits per heavy atom. The van der Waals surface area contributed by atoms with E-state index in [4.69, 9.17) is 0 Å². The highest BCUT2D eigenvalue weighted by molar-refractivity contribution is 6.05. The van der Waals surface area contributed by atoms with Gasteiger partial charge < -0.3 is 15.5 Å². The van der Waals surface area contributed by atoms with Crippen LogP contribution in [0.2, 0.25) is 0 Å². The van der Waals surface area contributed by atoms with Crippen molar-refractivity contribution in [1.29, 1.82) is 0 Å². The lowest BCUT2D eigenvalue weighted by molar-refractivity contribution is -0.136. The van der Waals surface area contributed by atoms with Gasteiger partial charge in [0.05, 0.1) is 0 Å². The Labute approximate surface area is 165 Å². The predicted octanol–water partition coefficient (Wildman–Crippen LogP) is 0.925. The number of hydrogen-bond acceptors (Lipinski definition) is 5. The SMILES string of the molecule is C[C@H](NCc1ccc2c(c1)C(=O)N(C1CCC(=O)NC1=O)C2)C1CCNCC1. The Kier molecular flexibility index (Phi) is 5.46. The highest BCUT2D eigenvalue weighted by atomic mass is 16.2. The van der Waals surface area contributed by atoms with Crippen LogP contribution in [0.3, 0.4) is 0 Å². The largest absolute Gasteiger partial charge is 0.322 e. The van der Waals surface area contributed by atoms with Gasteiger partial charge in [0.15, 0.2) is 0 Å². The second-order valence-corrected chi connectivity index (χ2v) is 8.15. The van der Waals surface area contributed by atoms with Crippen LogP contribution in [0.5, 0.6) is 0 Å². The summed E-state index contributed by atoms with van der Waals surface area (Å²) in [5.41, 5.74) is 2.71. The van der Waals surface area contributed by atoms with Gasteiger partial charge in [0.1, 0.15) is 6.04 Å². The molecule has 3 amide bonds. The number of nitrogens with one attached hydrogen (secondary N) is 3. The number of nitrogens with zero attached hydrogens (tertiary/aromatic N) is 1. The van der Waals surface area contributed by atoms with Crippen molar-refractivity contribution in [2.24, 2.45) is 5.92 Å². The van der Waals surface area contributed by atoms with E-state index < -0.39 is 6.04 Å². The summed E-state index contributed by atoms with van der Waals surface area (Å²) in [5.74, 6) is -0.0604. The zero-order valence-electron chi connectivity index (χ0n) is 16.3. The van der Waals surface area contributed by atoms with E-state index in [9.17, 15) is 14.4 Å². The third-order valence-corrected chi connectivity index (χ3v) is 6.31. The third-order valence-electron chi connectivity index (χ3n) is 6.31. The van der Waals surface area contributed by atoms with Gasteiger partial charge in [0, 0.05) is 31.1 Å². The molecule has 0 aliphatic carbocycles. The average Bonchev–Trinajstić information content (AvgIpc) is 3.03. The smallest absolute Gasteiger partial charge is 0.255 e. The lowest BCUT2D eigenvalue weighted by Gasteiger charge is -2.29. The number of carbonyl (C=O) groups is 3. The van der Waals surface area contributed by atoms with Crippen molar-refractivity contribution in [3.8, 4) is 0 Å². The predicted molar refractivity (Wildman–Crippen MR) is 104 cm³/mol. The van der Waals surface area contributed by atoms with Crippen molar-refractivity contribution < 1.29 is 14.4 Å². The van der Waals surface area contributed by atoms with E-state index in [1.807, 2.05) is 12.1 Å². The lowest BCUT2D eigenvalue weighted by atomic mass is 9.91. The maximum Gasteiger partial charge on any atom is 0.255 e. The van der Waals surface area contributed by atoms with Crippen molar-refractivity contribution in [2.45, 2.75) is 57.8 Å². The van der Waals surface area contributed by atoms with Gasteiger partial charge in [-0.1, -0.05) is 12.1 Å². The van der Waals surface area contributed by atoms with E-state index in [0.29, 0.717) is 30.5 Å². The molecule has 7 nitrogen and oxygen atoms in total. The fraction of sp³-hybridized carbons (Fsp3) is 0.571. The first-order chi connectivity index (χ1) is 13.5. The molecular formula is C21H28N4O3. The second kappa shape index (κ2) is 8.01. The molecule has 3 aliphatic heterocycles. The number of hydrogen-bond donors (Lipinski definition) is 3. The van der Waals surface area contributed by atoms with Crippen molar-refractivity contribution in [3.05, 3.63) is 34.9 Å². The zero-order chi connectivity index (χ0) is 19.7. The van der Waals surface area contributed by atoms with Crippen LogP contribution < -0.4 is 16.0 Å². The average molecular weight is 384 g/mol. The first-order valence-electron chi connectivity index (χ1n) is 10.2. The summed E-state index contributed by atoms with van der Waals surface area (Å²) >= 11 is 0. The van der Waals surface area contributed by atoms with Crippen molar-refractivity contribution in [3.63, 3.8) is 0 Å². The molecule has 3 aliphatic rings. The Morgan fingerprint density at radius 2 is 1.96 bits per heavy atom. The number of benzene rings is 1. The molecule has 150 valence electrons. The number of piperidine rings is 2. The molecular weight excluding hydrogens is 356 g/mol. The molecule has 2 fully saturated rings. The minimum atomic E-state index is -0.556. The van der Waals surface area contributed by atoms with Gasteiger partial charge in [-0.05, 0) is 62.4 Å². The molecule has 0 aromatic heterocycles. The Morgan fingerprint density at radius 1 is 1.18 bits per heavy atom. The fourth-order valence-electron chi connectivity index (χ4n) is 4.50. The van der Waals surface area contributed by atoms with Crippen LogP contribution in [0.1, 0.15) is 54.1 Å². The van der Waals surface area contributed by atoms with Gasteiger partial charge in [-0.3, -0.25) is 19.7 Å². The van der Waals surface area contributed by atoms with Crippen LogP contribution >= 0.6 is 0 Å². The van der Waals surface area contributed by atoms with E-state index in [0.717, 1.165) is 30.8 Å². The van der Waals surface area contributed by atoms with Crippen molar-refractivity contribution in [1.82, 2.24) is 20.9 Å². The summed E-state index contributed by atoms with van der Waals surface area (Å²) in [6.07, 6.45) is 3.06. The van der Waals surface area contributed by atoms with E-state index in [1.54, 1.807) is 4.90 Å². The molecule has 4 rings (SSSR count). The lowest BCUT2D eigenvalue weighted by Crippen LogP contribution is -2.52. The number of amides is 3. The Hall–Kier alpha value is -2.25. The number of fused-ring (bicyclic) bond motifs is 1. The molecule has 3 heterocycles. The molecule has 0 bridgehead atoms. The van der Waals surface area contributed by atoms with Crippen molar-refractivity contribution in [2.75, 3.05) is 13.1 Å². The number of imide groups is 1. The van der Waals surface area contributed by atoms with Crippen LogP contribution in [-0.4, -0.2) is 47.8 Å². The quantitative estimate of drug-likeness (QED) is 0.657. The molecule has 0 spiro atoms. The summed E-state index contributed by atoms with van der Waals surface area (Å²) in [7, 11) is 0. The first kappa shape index (κ1) is 19.1. The maximum absolute atomic E-state index is 12.9. The molecule has 0 radical (unpaired) electrons. The van der Waals surface area contributed by atoms with E-state index in [-0.39, 0.29) is 24.1 Å². The summed E-state index contributed by atoms with van der Waals surface area (Å²) < 4.78 is 0. The Balaban J connectivity index is 1.40. The number of rotatable bonds is 5. The van der Waals surface area contributed by atoms with E-state index >= 15 is 0 Å². The summed E-state index contributed by atoms with van der Waals surface area (Å²) in [6.45, 7) is 5.56. The van der Waals surface area contributed by atoms with Gasteiger partial charge in [-0.25, -0.2) is 0 Å².